The molecule has 9 heteroatoms. The highest BCUT2D eigenvalue weighted by molar-refractivity contribution is 5.75. The van der Waals surface area contributed by atoms with Crippen LogP contribution in [-0.4, -0.2) is 77.4 Å². The largest absolute Gasteiger partial charge is 0.450 e. The van der Waals surface area contributed by atoms with Gasteiger partial charge >= 0.3 is 6.09 Å². The Morgan fingerprint density at radius 1 is 1.22 bits per heavy atom. The number of likely N-dealkylation sites (tertiary alicyclic amines) is 1. The van der Waals surface area contributed by atoms with E-state index in [2.05, 4.69) is 14.8 Å². The van der Waals surface area contributed by atoms with Gasteiger partial charge in [-0.25, -0.2) is 14.2 Å². The summed E-state index contributed by atoms with van der Waals surface area (Å²) in [6.07, 6.45) is 6.33. The monoisotopic (exact) mass is 497 g/mol. The molecule has 1 atom stereocenters. The molecule has 1 aliphatic carbocycles. The quantitative estimate of drug-likeness (QED) is 0.627. The summed E-state index contributed by atoms with van der Waals surface area (Å²) >= 11 is 0. The van der Waals surface area contributed by atoms with Gasteiger partial charge in [-0.2, -0.15) is 0 Å². The lowest BCUT2D eigenvalue weighted by Crippen LogP contribution is -2.58. The zero-order valence-electron chi connectivity index (χ0n) is 21.5. The summed E-state index contributed by atoms with van der Waals surface area (Å²) in [7, 11) is 0. The third kappa shape index (κ3) is 4.73. The number of amides is 1. The summed E-state index contributed by atoms with van der Waals surface area (Å²) in [5.41, 5.74) is 1.69. The van der Waals surface area contributed by atoms with Gasteiger partial charge in [-0.1, -0.05) is 0 Å². The van der Waals surface area contributed by atoms with Gasteiger partial charge < -0.3 is 19.1 Å². The van der Waals surface area contributed by atoms with Crippen molar-refractivity contribution in [1.82, 2.24) is 19.4 Å². The molecule has 5 rings (SSSR count). The van der Waals surface area contributed by atoms with Crippen molar-refractivity contribution in [1.29, 1.82) is 0 Å². The smallest absolute Gasteiger partial charge is 0.409 e. The molecule has 194 valence electrons. The molecule has 3 aliphatic rings. The number of anilines is 1. The number of rotatable bonds is 5. The van der Waals surface area contributed by atoms with Crippen molar-refractivity contribution in [3.05, 3.63) is 46.8 Å². The summed E-state index contributed by atoms with van der Waals surface area (Å²) in [6, 6.07) is 5.37. The van der Waals surface area contributed by atoms with Crippen LogP contribution in [-0.2, 0) is 4.74 Å². The van der Waals surface area contributed by atoms with E-state index in [-0.39, 0.29) is 28.9 Å². The molecule has 2 aromatic rings. The molecule has 1 saturated carbocycles. The number of piperazine rings is 1. The van der Waals surface area contributed by atoms with Crippen molar-refractivity contribution < 1.29 is 13.9 Å². The van der Waals surface area contributed by atoms with Gasteiger partial charge in [0.2, 0.25) is 0 Å². The standard InChI is InChI=1S/C27H36FN5O3/c1-4-36-26(35)32-17-27(18-32)8-7-22(14-27)30-9-11-31(12-10-30)25-23(13-21(28)15-29-25)20-5-6-24(34)33(16-20)19(2)3/h5-6,13,15-16,19,22H,4,7-12,14,17-18H2,1-3H3/t22-/m1/s1. The van der Waals surface area contributed by atoms with E-state index < -0.39 is 0 Å². The molecule has 2 saturated heterocycles. The van der Waals surface area contributed by atoms with Crippen LogP contribution in [0.1, 0.15) is 46.1 Å². The summed E-state index contributed by atoms with van der Waals surface area (Å²) in [5, 5.41) is 0. The van der Waals surface area contributed by atoms with Gasteiger partial charge in [-0.15, -0.1) is 0 Å². The van der Waals surface area contributed by atoms with Crippen molar-refractivity contribution in [2.45, 2.75) is 52.1 Å². The van der Waals surface area contributed by atoms with Crippen molar-refractivity contribution in [3.8, 4) is 11.1 Å². The molecule has 0 aromatic carbocycles. The molecule has 0 radical (unpaired) electrons. The highest BCUT2D eigenvalue weighted by Gasteiger charge is 2.51. The highest BCUT2D eigenvalue weighted by Crippen LogP contribution is 2.47. The lowest BCUT2D eigenvalue weighted by molar-refractivity contribution is -0.00294. The Morgan fingerprint density at radius 2 is 1.97 bits per heavy atom. The first-order chi connectivity index (χ1) is 17.3. The summed E-state index contributed by atoms with van der Waals surface area (Å²) in [5.74, 6) is 0.375. The van der Waals surface area contributed by atoms with Crippen molar-refractivity contribution in [2.75, 3.05) is 50.8 Å². The number of ether oxygens (including phenoxy) is 1. The number of carbonyl (C=O) groups excluding carboxylic acids is 1. The maximum absolute atomic E-state index is 14.2. The van der Waals surface area contributed by atoms with Crippen molar-refractivity contribution in [2.24, 2.45) is 5.41 Å². The van der Waals surface area contributed by atoms with Crippen molar-refractivity contribution >= 4 is 11.9 Å². The van der Waals surface area contributed by atoms with E-state index in [9.17, 15) is 14.0 Å². The number of nitrogens with zero attached hydrogens (tertiary/aromatic N) is 5. The Labute approximate surface area is 211 Å². The SMILES string of the molecule is CCOC(=O)N1CC2(CC[C@@H](N3CCN(c4ncc(F)cc4-c4ccc(=O)n(C(C)C)c4)CC3)C2)C1. The molecular weight excluding hydrogens is 461 g/mol. The normalized spacial score (nSPS) is 21.8. The minimum atomic E-state index is -0.386. The second-order valence-electron chi connectivity index (χ2n) is 10.8. The van der Waals surface area contributed by atoms with Gasteiger partial charge in [0.05, 0.1) is 12.8 Å². The Balaban J connectivity index is 1.24. The molecule has 2 aromatic heterocycles. The first kappa shape index (κ1) is 24.7. The number of hydrogen-bond donors (Lipinski definition) is 0. The average Bonchev–Trinajstić information content (AvgIpc) is 3.30. The number of aromatic nitrogens is 2. The minimum Gasteiger partial charge on any atom is -0.450 e. The molecule has 1 amide bonds. The third-order valence-electron chi connectivity index (χ3n) is 8.02. The second-order valence-corrected chi connectivity index (χ2v) is 10.8. The van der Waals surface area contributed by atoms with E-state index in [4.69, 9.17) is 4.74 Å². The van der Waals surface area contributed by atoms with Gasteiger partial charge in [0, 0.05) is 80.2 Å². The van der Waals surface area contributed by atoms with Crippen LogP contribution in [0.5, 0.6) is 0 Å². The van der Waals surface area contributed by atoms with Gasteiger partial charge in [0.25, 0.3) is 5.56 Å². The molecule has 36 heavy (non-hydrogen) atoms. The van der Waals surface area contributed by atoms with Crippen LogP contribution >= 0.6 is 0 Å². The van der Waals surface area contributed by atoms with Gasteiger partial charge in [-0.05, 0) is 52.2 Å². The minimum absolute atomic E-state index is 0.0145. The highest BCUT2D eigenvalue weighted by atomic mass is 19.1. The lowest BCUT2D eigenvalue weighted by atomic mass is 9.78. The van der Waals surface area contributed by atoms with Crippen LogP contribution in [0.25, 0.3) is 11.1 Å². The number of carbonyl (C=O) groups is 1. The van der Waals surface area contributed by atoms with Crippen LogP contribution in [0.3, 0.4) is 0 Å². The molecule has 8 nitrogen and oxygen atoms in total. The molecule has 3 fully saturated rings. The fourth-order valence-corrected chi connectivity index (χ4v) is 6.14. The van der Waals surface area contributed by atoms with E-state index in [1.807, 2.05) is 25.7 Å². The van der Waals surface area contributed by atoms with Crippen LogP contribution in [0.15, 0.2) is 35.4 Å². The molecule has 2 aliphatic heterocycles. The molecule has 0 N–H and O–H groups in total. The fraction of sp³-hybridized carbons (Fsp3) is 0.593. The van der Waals surface area contributed by atoms with Crippen LogP contribution in [0.2, 0.25) is 0 Å². The summed E-state index contributed by atoms with van der Waals surface area (Å²) < 4.78 is 21.1. The first-order valence-corrected chi connectivity index (χ1v) is 13.1. The first-order valence-electron chi connectivity index (χ1n) is 13.1. The Kier molecular flexibility index (Phi) is 6.76. The maximum Gasteiger partial charge on any atom is 0.409 e. The fourth-order valence-electron chi connectivity index (χ4n) is 6.14. The summed E-state index contributed by atoms with van der Waals surface area (Å²) in [4.78, 5) is 35.3. The van der Waals surface area contributed by atoms with E-state index >= 15 is 0 Å². The lowest BCUT2D eigenvalue weighted by Gasteiger charge is -2.48. The Bertz CT molecular complexity index is 1170. The van der Waals surface area contributed by atoms with E-state index in [1.165, 1.54) is 12.3 Å². The van der Waals surface area contributed by atoms with Crippen LogP contribution in [0, 0.1) is 11.2 Å². The van der Waals surface area contributed by atoms with Gasteiger partial charge in [0.1, 0.15) is 11.6 Å². The van der Waals surface area contributed by atoms with Gasteiger partial charge in [0.15, 0.2) is 0 Å². The predicted molar refractivity (Wildman–Crippen MR) is 137 cm³/mol. The van der Waals surface area contributed by atoms with E-state index in [1.54, 1.807) is 22.9 Å². The van der Waals surface area contributed by atoms with E-state index in [0.29, 0.717) is 18.2 Å². The molecule has 1 spiro atoms. The number of halogens is 1. The topological polar surface area (TPSA) is 70.9 Å². The Hall–Kier alpha value is -2.94. The zero-order chi connectivity index (χ0) is 25.4. The van der Waals surface area contributed by atoms with E-state index in [0.717, 1.165) is 69.9 Å². The average molecular weight is 498 g/mol. The second kappa shape index (κ2) is 9.84. The molecule has 0 bridgehead atoms. The zero-order valence-corrected chi connectivity index (χ0v) is 21.5. The van der Waals surface area contributed by atoms with Crippen LogP contribution in [0.4, 0.5) is 15.0 Å². The Morgan fingerprint density at radius 3 is 2.67 bits per heavy atom. The molecule has 4 heterocycles. The van der Waals surface area contributed by atoms with Crippen LogP contribution < -0.4 is 10.5 Å². The maximum atomic E-state index is 14.2. The number of pyridine rings is 2. The predicted octanol–water partition coefficient (Wildman–Crippen LogP) is 3.76. The molecule has 0 unspecified atom stereocenters. The van der Waals surface area contributed by atoms with Crippen molar-refractivity contribution in [3.63, 3.8) is 0 Å². The third-order valence-corrected chi connectivity index (χ3v) is 8.02. The summed E-state index contributed by atoms with van der Waals surface area (Å²) in [6.45, 7) is 11.3. The molecular formula is C27H36FN5O3. The van der Waals surface area contributed by atoms with Gasteiger partial charge in [-0.3, -0.25) is 9.69 Å². The number of hydrogen-bond acceptors (Lipinski definition) is 6.